The van der Waals surface area contributed by atoms with Crippen LogP contribution in [0.3, 0.4) is 0 Å². The molecule has 7 heteroatoms. The minimum Gasteiger partial charge on any atom is -0.485 e. The number of carbonyl (C=O) groups excluding carboxylic acids is 1. The lowest BCUT2D eigenvalue weighted by molar-refractivity contribution is -0.385. The third-order valence-electron chi connectivity index (χ3n) is 3.99. The lowest BCUT2D eigenvalue weighted by atomic mass is 10.1. The zero-order chi connectivity index (χ0) is 19.2. The van der Waals surface area contributed by atoms with E-state index in [-0.39, 0.29) is 17.1 Å². The van der Waals surface area contributed by atoms with Crippen LogP contribution in [0.2, 0.25) is 0 Å². The van der Waals surface area contributed by atoms with Gasteiger partial charge in [0.25, 0.3) is 11.6 Å². The summed E-state index contributed by atoms with van der Waals surface area (Å²) in [6.45, 7) is 1.86. The van der Waals surface area contributed by atoms with Crippen LogP contribution in [0, 0.1) is 17.0 Å². The second kappa shape index (κ2) is 8.09. The largest absolute Gasteiger partial charge is 0.485 e. The van der Waals surface area contributed by atoms with Crippen LogP contribution in [0.5, 0.6) is 5.75 Å². The van der Waals surface area contributed by atoms with Crippen molar-refractivity contribution >= 4 is 17.4 Å². The molecule has 2 aromatic carbocycles. The van der Waals surface area contributed by atoms with Gasteiger partial charge < -0.3 is 10.1 Å². The van der Waals surface area contributed by atoms with E-state index in [4.69, 9.17) is 4.74 Å². The van der Waals surface area contributed by atoms with E-state index in [0.717, 1.165) is 5.56 Å². The molecule has 1 heterocycles. The van der Waals surface area contributed by atoms with Crippen molar-refractivity contribution in [1.82, 2.24) is 4.98 Å². The summed E-state index contributed by atoms with van der Waals surface area (Å²) in [7, 11) is 0. The highest BCUT2D eigenvalue weighted by Gasteiger charge is 2.19. The maximum absolute atomic E-state index is 12.6. The van der Waals surface area contributed by atoms with Crippen molar-refractivity contribution in [3.05, 3.63) is 93.7 Å². The van der Waals surface area contributed by atoms with Gasteiger partial charge in [0, 0.05) is 23.4 Å². The molecule has 0 aliphatic carbocycles. The van der Waals surface area contributed by atoms with E-state index >= 15 is 0 Å². The molecule has 0 saturated heterocycles. The van der Waals surface area contributed by atoms with Crippen LogP contribution in [-0.4, -0.2) is 15.8 Å². The number of benzene rings is 2. The molecule has 1 amide bonds. The Labute approximate surface area is 155 Å². The molecule has 136 valence electrons. The number of amides is 1. The average molecular weight is 363 g/mol. The summed E-state index contributed by atoms with van der Waals surface area (Å²) in [6, 6.07) is 17.4. The molecule has 1 N–H and O–H groups in total. The fourth-order valence-electron chi connectivity index (χ4n) is 2.58. The van der Waals surface area contributed by atoms with Crippen LogP contribution >= 0.6 is 0 Å². The zero-order valence-corrected chi connectivity index (χ0v) is 14.6. The van der Waals surface area contributed by atoms with Crippen molar-refractivity contribution in [1.29, 1.82) is 0 Å². The maximum Gasteiger partial charge on any atom is 0.273 e. The smallest absolute Gasteiger partial charge is 0.273 e. The first-order chi connectivity index (χ1) is 13.1. The first-order valence-electron chi connectivity index (χ1n) is 8.23. The molecule has 0 spiro atoms. The lowest BCUT2D eigenvalue weighted by Crippen LogP contribution is -2.16. The number of ether oxygens (including phenoxy) is 1. The van der Waals surface area contributed by atoms with Crippen LogP contribution in [0.15, 0.2) is 66.9 Å². The summed E-state index contributed by atoms with van der Waals surface area (Å²) in [6.07, 6.45) is 1.53. The van der Waals surface area contributed by atoms with Crippen molar-refractivity contribution in [3.63, 3.8) is 0 Å². The van der Waals surface area contributed by atoms with Gasteiger partial charge in [-0.1, -0.05) is 36.4 Å². The summed E-state index contributed by atoms with van der Waals surface area (Å²) in [5.74, 6) is 0.182. The van der Waals surface area contributed by atoms with Gasteiger partial charge in [0.15, 0.2) is 11.6 Å². The second-order valence-corrected chi connectivity index (χ2v) is 5.79. The molecule has 0 radical (unpaired) electrons. The Hall–Kier alpha value is -3.74. The van der Waals surface area contributed by atoms with Crippen LogP contribution in [0.25, 0.3) is 0 Å². The molecule has 0 atom stereocenters. The van der Waals surface area contributed by atoms with Gasteiger partial charge in [-0.15, -0.1) is 0 Å². The number of nitro groups is 1. The highest BCUT2D eigenvalue weighted by Crippen LogP contribution is 2.25. The number of hydrogen-bond acceptors (Lipinski definition) is 5. The number of nitrogens with one attached hydrogen (secondary N) is 1. The summed E-state index contributed by atoms with van der Waals surface area (Å²) in [5.41, 5.74) is 1.38. The average Bonchev–Trinajstić information content (AvgIpc) is 2.68. The van der Waals surface area contributed by atoms with Crippen LogP contribution < -0.4 is 10.1 Å². The Bertz CT molecular complexity index is 974. The van der Waals surface area contributed by atoms with Crippen LogP contribution in [0.1, 0.15) is 21.5 Å². The molecule has 0 aliphatic rings. The minimum atomic E-state index is -0.513. The number of nitrogens with zero attached hydrogens (tertiary/aromatic N) is 2. The third kappa shape index (κ3) is 4.27. The van der Waals surface area contributed by atoms with E-state index in [1.807, 2.05) is 30.3 Å². The van der Waals surface area contributed by atoms with Crippen molar-refractivity contribution < 1.29 is 14.5 Å². The first-order valence-corrected chi connectivity index (χ1v) is 8.23. The zero-order valence-electron chi connectivity index (χ0n) is 14.6. The van der Waals surface area contributed by atoms with Crippen molar-refractivity contribution in [2.75, 3.05) is 5.32 Å². The molecule has 27 heavy (non-hydrogen) atoms. The molecular formula is C20H17N3O4. The van der Waals surface area contributed by atoms with Crippen LogP contribution in [-0.2, 0) is 6.61 Å². The summed E-state index contributed by atoms with van der Waals surface area (Å²) >= 11 is 0. The number of rotatable bonds is 6. The van der Waals surface area contributed by atoms with E-state index in [0.29, 0.717) is 17.9 Å². The molecule has 0 bridgehead atoms. The Morgan fingerprint density at radius 1 is 1.11 bits per heavy atom. The second-order valence-electron chi connectivity index (χ2n) is 5.79. The van der Waals surface area contributed by atoms with Gasteiger partial charge in [-0.25, -0.2) is 4.98 Å². The number of hydrogen-bond donors (Lipinski definition) is 1. The normalized spacial score (nSPS) is 10.3. The number of nitro benzene ring substituents is 1. The quantitative estimate of drug-likeness (QED) is 0.525. The van der Waals surface area contributed by atoms with E-state index in [2.05, 4.69) is 10.3 Å². The molecule has 0 fully saturated rings. The molecule has 0 saturated carbocycles. The van der Waals surface area contributed by atoms with E-state index in [1.54, 1.807) is 12.1 Å². The van der Waals surface area contributed by atoms with Gasteiger partial charge in [0.2, 0.25) is 0 Å². The highest BCUT2D eigenvalue weighted by molar-refractivity contribution is 6.06. The molecule has 1 aromatic heterocycles. The number of aromatic nitrogens is 1. The number of carbonyl (C=O) groups is 1. The monoisotopic (exact) mass is 363 g/mol. The molecule has 0 aliphatic heterocycles. The molecule has 3 rings (SSSR count). The SMILES string of the molecule is Cc1c(C(=O)Nc2ncccc2OCc2ccccc2)cccc1[N+](=O)[O-]. The van der Waals surface area contributed by atoms with Gasteiger partial charge in [0.1, 0.15) is 6.61 Å². The van der Waals surface area contributed by atoms with Crippen LogP contribution in [0.4, 0.5) is 11.5 Å². The predicted molar refractivity (Wildman–Crippen MR) is 101 cm³/mol. The van der Waals surface area contributed by atoms with Gasteiger partial charge in [0.05, 0.1) is 4.92 Å². The summed E-state index contributed by atoms with van der Waals surface area (Å²) < 4.78 is 5.77. The van der Waals surface area contributed by atoms with Gasteiger partial charge >= 0.3 is 0 Å². The van der Waals surface area contributed by atoms with E-state index < -0.39 is 10.8 Å². The summed E-state index contributed by atoms with van der Waals surface area (Å²) in [4.78, 5) is 27.3. The standard InChI is InChI=1S/C20H17N3O4/c1-14-16(9-5-10-17(14)23(25)26)20(24)22-19-18(11-6-12-21-19)27-13-15-7-3-2-4-8-15/h2-12H,13H2,1H3,(H,21,22,24). The van der Waals surface area contributed by atoms with Gasteiger partial charge in [-0.3, -0.25) is 14.9 Å². The number of pyridine rings is 1. The van der Waals surface area contributed by atoms with Gasteiger partial charge in [-0.05, 0) is 30.7 Å². The molecule has 7 nitrogen and oxygen atoms in total. The highest BCUT2D eigenvalue weighted by atomic mass is 16.6. The van der Waals surface area contributed by atoms with E-state index in [1.165, 1.54) is 31.3 Å². The van der Waals surface area contributed by atoms with Gasteiger partial charge in [-0.2, -0.15) is 0 Å². The van der Waals surface area contributed by atoms with Crippen molar-refractivity contribution in [2.45, 2.75) is 13.5 Å². The predicted octanol–water partition coefficient (Wildman–Crippen LogP) is 4.13. The molecular weight excluding hydrogens is 346 g/mol. The Morgan fingerprint density at radius 3 is 2.63 bits per heavy atom. The van der Waals surface area contributed by atoms with Crippen molar-refractivity contribution in [3.8, 4) is 5.75 Å². The fourth-order valence-corrected chi connectivity index (χ4v) is 2.58. The Morgan fingerprint density at radius 2 is 1.89 bits per heavy atom. The fraction of sp³-hybridized carbons (Fsp3) is 0.100. The van der Waals surface area contributed by atoms with E-state index in [9.17, 15) is 14.9 Å². The first kappa shape index (κ1) is 18.1. The van der Waals surface area contributed by atoms with Crippen molar-refractivity contribution in [2.24, 2.45) is 0 Å². The number of anilines is 1. The molecule has 3 aromatic rings. The lowest BCUT2D eigenvalue weighted by Gasteiger charge is -2.12. The Balaban J connectivity index is 1.79. The Kier molecular flexibility index (Phi) is 5.41. The third-order valence-corrected chi connectivity index (χ3v) is 3.99. The maximum atomic E-state index is 12.6. The topological polar surface area (TPSA) is 94.4 Å². The minimum absolute atomic E-state index is 0.107. The summed E-state index contributed by atoms with van der Waals surface area (Å²) in [5, 5.41) is 13.7. The molecule has 0 unspecified atom stereocenters.